The molecule has 0 saturated heterocycles. The molecular weight excluding hydrogens is 196 g/mol. The molecule has 14 heavy (non-hydrogen) atoms. The van der Waals surface area contributed by atoms with Crippen molar-refractivity contribution in [1.29, 1.82) is 5.26 Å². The van der Waals surface area contributed by atoms with E-state index in [-0.39, 0.29) is 12.1 Å². The highest BCUT2D eigenvalue weighted by Crippen LogP contribution is 2.14. The third-order valence-corrected chi connectivity index (χ3v) is 2.86. The first-order valence-electron chi connectivity index (χ1n) is 4.41. The van der Waals surface area contributed by atoms with Crippen molar-refractivity contribution in [1.82, 2.24) is 5.32 Å². The van der Waals surface area contributed by atoms with E-state index in [4.69, 9.17) is 10.4 Å². The second-order valence-corrected chi connectivity index (χ2v) is 4.80. The summed E-state index contributed by atoms with van der Waals surface area (Å²) in [5.74, 6) is 0. The first-order valence-corrected chi connectivity index (χ1v) is 5.29. The van der Waals surface area contributed by atoms with Crippen molar-refractivity contribution < 1.29 is 5.11 Å². The zero-order valence-electron chi connectivity index (χ0n) is 8.37. The van der Waals surface area contributed by atoms with Crippen molar-refractivity contribution in [2.24, 2.45) is 0 Å². The number of hydrogen-bond donors (Lipinski definition) is 2. The zero-order chi connectivity index (χ0) is 10.6. The van der Waals surface area contributed by atoms with Gasteiger partial charge in [-0.05, 0) is 19.9 Å². The quantitative estimate of drug-likeness (QED) is 0.791. The lowest BCUT2D eigenvalue weighted by Gasteiger charge is -2.22. The molecule has 4 heteroatoms. The zero-order valence-corrected chi connectivity index (χ0v) is 9.19. The van der Waals surface area contributed by atoms with Gasteiger partial charge in [0.2, 0.25) is 0 Å². The summed E-state index contributed by atoms with van der Waals surface area (Å²) in [6, 6.07) is 3.96. The minimum Gasteiger partial charge on any atom is -0.394 e. The summed E-state index contributed by atoms with van der Waals surface area (Å²) >= 11 is 1.56. The van der Waals surface area contributed by atoms with E-state index in [1.165, 1.54) is 0 Å². The molecule has 1 heterocycles. The molecular formula is C10H14N2OS. The van der Waals surface area contributed by atoms with E-state index < -0.39 is 0 Å². The van der Waals surface area contributed by atoms with Crippen molar-refractivity contribution in [2.75, 3.05) is 6.61 Å². The van der Waals surface area contributed by atoms with Gasteiger partial charge in [0.1, 0.15) is 6.07 Å². The predicted octanol–water partition coefficient (Wildman–Crippen LogP) is 1.48. The Morgan fingerprint density at radius 2 is 2.36 bits per heavy atom. The van der Waals surface area contributed by atoms with Gasteiger partial charge in [0, 0.05) is 22.3 Å². The number of rotatable bonds is 4. The Labute approximate surface area is 88.0 Å². The van der Waals surface area contributed by atoms with Crippen LogP contribution in [0.15, 0.2) is 11.4 Å². The third kappa shape index (κ3) is 3.11. The molecule has 0 amide bonds. The highest BCUT2D eigenvalue weighted by molar-refractivity contribution is 7.10. The fraction of sp³-hybridized carbons (Fsp3) is 0.500. The Hall–Kier alpha value is -0.890. The Morgan fingerprint density at radius 1 is 1.64 bits per heavy atom. The van der Waals surface area contributed by atoms with Crippen molar-refractivity contribution in [2.45, 2.75) is 25.9 Å². The number of nitrogens with one attached hydrogen (secondary N) is 1. The summed E-state index contributed by atoms with van der Waals surface area (Å²) < 4.78 is 0. The molecule has 76 valence electrons. The summed E-state index contributed by atoms with van der Waals surface area (Å²) in [6.07, 6.45) is 0. The normalized spacial score (nSPS) is 11.3. The minimum absolute atomic E-state index is 0.101. The fourth-order valence-electron chi connectivity index (χ4n) is 0.914. The van der Waals surface area contributed by atoms with Gasteiger partial charge in [0.25, 0.3) is 0 Å². The maximum Gasteiger partial charge on any atom is 0.100 e. The van der Waals surface area contributed by atoms with Crippen LogP contribution in [0.2, 0.25) is 0 Å². The number of nitriles is 1. The molecule has 0 aliphatic heterocycles. The maximum atomic E-state index is 9.01. The Kier molecular flexibility index (Phi) is 3.64. The van der Waals surface area contributed by atoms with Crippen LogP contribution in [0.25, 0.3) is 0 Å². The summed E-state index contributed by atoms with van der Waals surface area (Å²) in [5.41, 5.74) is 0.435. The summed E-state index contributed by atoms with van der Waals surface area (Å²) in [5, 5.41) is 22.7. The summed E-state index contributed by atoms with van der Waals surface area (Å²) in [6.45, 7) is 4.67. The summed E-state index contributed by atoms with van der Waals surface area (Å²) in [4.78, 5) is 1.11. The van der Waals surface area contributed by atoms with Crippen molar-refractivity contribution >= 4 is 11.3 Å². The molecule has 0 bridgehead atoms. The molecule has 1 aromatic rings. The number of hydrogen-bond acceptors (Lipinski definition) is 4. The molecule has 3 nitrogen and oxygen atoms in total. The molecule has 0 atom stereocenters. The van der Waals surface area contributed by atoms with Crippen molar-refractivity contribution in [3.8, 4) is 6.07 Å². The second kappa shape index (κ2) is 4.56. The molecule has 0 fully saturated rings. The van der Waals surface area contributed by atoms with Crippen LogP contribution in [-0.2, 0) is 6.54 Å². The lowest BCUT2D eigenvalue weighted by atomic mass is 10.1. The molecule has 1 rings (SSSR count). The van der Waals surface area contributed by atoms with Crippen LogP contribution in [0.1, 0.15) is 24.3 Å². The van der Waals surface area contributed by atoms with Crippen LogP contribution < -0.4 is 5.32 Å². The predicted molar refractivity (Wildman–Crippen MR) is 57.0 cm³/mol. The van der Waals surface area contributed by atoms with Crippen LogP contribution in [0.3, 0.4) is 0 Å². The molecule has 1 aromatic heterocycles. The lowest BCUT2D eigenvalue weighted by Crippen LogP contribution is -2.41. The van der Waals surface area contributed by atoms with Crippen LogP contribution >= 0.6 is 11.3 Å². The van der Waals surface area contributed by atoms with Crippen molar-refractivity contribution in [3.63, 3.8) is 0 Å². The van der Waals surface area contributed by atoms with Crippen LogP contribution in [0.5, 0.6) is 0 Å². The van der Waals surface area contributed by atoms with E-state index in [0.29, 0.717) is 12.1 Å². The Morgan fingerprint density at radius 3 is 2.86 bits per heavy atom. The van der Waals surface area contributed by atoms with Gasteiger partial charge in [-0.2, -0.15) is 5.26 Å². The standard InChI is InChI=1S/C10H14N2OS/c1-10(2,7-13)12-5-9-3-8(4-11)6-14-9/h3,6,12-13H,5,7H2,1-2H3. The monoisotopic (exact) mass is 210 g/mol. The SMILES string of the molecule is CC(C)(CO)NCc1cc(C#N)cs1. The molecule has 2 N–H and O–H groups in total. The molecule has 0 aromatic carbocycles. The van der Waals surface area contributed by atoms with Crippen LogP contribution in [0, 0.1) is 11.3 Å². The number of nitrogens with zero attached hydrogens (tertiary/aromatic N) is 1. The molecule has 0 spiro atoms. The van der Waals surface area contributed by atoms with Crippen molar-refractivity contribution in [3.05, 3.63) is 21.9 Å². The Bertz CT molecular complexity index is 338. The highest BCUT2D eigenvalue weighted by Gasteiger charge is 2.15. The average Bonchev–Trinajstić information content (AvgIpc) is 2.63. The summed E-state index contributed by atoms with van der Waals surface area (Å²) in [7, 11) is 0. The van der Waals surface area contributed by atoms with Gasteiger partial charge in [-0.15, -0.1) is 11.3 Å². The number of aliphatic hydroxyl groups is 1. The van der Waals surface area contributed by atoms with Gasteiger partial charge >= 0.3 is 0 Å². The van der Waals surface area contributed by atoms with E-state index in [0.717, 1.165) is 4.88 Å². The lowest BCUT2D eigenvalue weighted by molar-refractivity contribution is 0.187. The fourth-order valence-corrected chi connectivity index (χ4v) is 1.66. The van der Waals surface area contributed by atoms with E-state index in [9.17, 15) is 0 Å². The topological polar surface area (TPSA) is 56.0 Å². The van der Waals surface area contributed by atoms with E-state index in [1.807, 2.05) is 25.3 Å². The van der Waals surface area contributed by atoms with E-state index in [2.05, 4.69) is 11.4 Å². The average molecular weight is 210 g/mol. The maximum absolute atomic E-state index is 9.01. The molecule has 0 aliphatic carbocycles. The smallest absolute Gasteiger partial charge is 0.100 e. The van der Waals surface area contributed by atoms with Gasteiger partial charge in [-0.1, -0.05) is 0 Å². The van der Waals surface area contributed by atoms with E-state index >= 15 is 0 Å². The number of aliphatic hydroxyl groups excluding tert-OH is 1. The number of thiophene rings is 1. The van der Waals surface area contributed by atoms with Crippen LogP contribution in [0.4, 0.5) is 0 Å². The largest absolute Gasteiger partial charge is 0.394 e. The van der Waals surface area contributed by atoms with Gasteiger partial charge in [0.15, 0.2) is 0 Å². The first-order chi connectivity index (χ1) is 6.57. The van der Waals surface area contributed by atoms with Gasteiger partial charge in [0.05, 0.1) is 12.2 Å². The van der Waals surface area contributed by atoms with E-state index in [1.54, 1.807) is 11.3 Å². The highest BCUT2D eigenvalue weighted by atomic mass is 32.1. The third-order valence-electron chi connectivity index (χ3n) is 1.92. The van der Waals surface area contributed by atoms with Gasteiger partial charge in [-0.3, -0.25) is 0 Å². The molecule has 0 unspecified atom stereocenters. The Balaban J connectivity index is 2.50. The van der Waals surface area contributed by atoms with Gasteiger partial charge in [-0.25, -0.2) is 0 Å². The minimum atomic E-state index is -0.267. The molecule has 0 aliphatic rings. The second-order valence-electron chi connectivity index (χ2n) is 3.81. The van der Waals surface area contributed by atoms with Gasteiger partial charge < -0.3 is 10.4 Å². The molecule has 0 radical (unpaired) electrons. The molecule has 0 saturated carbocycles. The van der Waals surface area contributed by atoms with Crippen LogP contribution in [-0.4, -0.2) is 17.3 Å². The first kappa shape index (κ1) is 11.2.